The SMILES string of the molecule is CCCCC(CC)C(O)c1cccc(Oc2cccc(C(O)C(CC)CCCC)c2Cc2ccccc2)c1Cc1ccccc1. The van der Waals surface area contributed by atoms with Crippen molar-refractivity contribution in [1.29, 1.82) is 0 Å². The molecule has 3 heteroatoms. The Kier molecular flexibility index (Phi) is 13.7. The number of aliphatic hydroxyl groups is 2. The van der Waals surface area contributed by atoms with E-state index in [2.05, 4.69) is 88.4 Å². The first kappa shape index (κ1) is 34.5. The molecule has 4 aromatic rings. The predicted molar refractivity (Wildman–Crippen MR) is 188 cm³/mol. The van der Waals surface area contributed by atoms with Crippen LogP contribution in [0.1, 0.15) is 125 Å². The van der Waals surface area contributed by atoms with E-state index >= 15 is 0 Å². The van der Waals surface area contributed by atoms with Crippen LogP contribution < -0.4 is 4.74 Å². The first-order valence-corrected chi connectivity index (χ1v) is 17.4. The minimum absolute atomic E-state index is 0.191. The predicted octanol–water partition coefficient (Wildman–Crippen LogP) is 11.2. The van der Waals surface area contributed by atoms with Crippen molar-refractivity contribution in [3.05, 3.63) is 130 Å². The number of hydrogen-bond acceptors (Lipinski definition) is 3. The summed E-state index contributed by atoms with van der Waals surface area (Å²) in [6, 6.07) is 33.2. The molecule has 0 spiro atoms. The van der Waals surface area contributed by atoms with Gasteiger partial charge in [0.2, 0.25) is 0 Å². The monoisotopic (exact) mass is 606 g/mol. The highest BCUT2D eigenvalue weighted by Gasteiger charge is 2.26. The van der Waals surface area contributed by atoms with Crippen molar-refractivity contribution in [2.75, 3.05) is 0 Å². The van der Waals surface area contributed by atoms with Gasteiger partial charge in [-0.05, 0) is 59.1 Å². The van der Waals surface area contributed by atoms with Crippen LogP contribution in [0.5, 0.6) is 11.5 Å². The van der Waals surface area contributed by atoms with Crippen molar-refractivity contribution in [1.82, 2.24) is 0 Å². The Morgan fingerprint density at radius 3 is 1.27 bits per heavy atom. The number of ether oxygens (including phenoxy) is 1. The van der Waals surface area contributed by atoms with Gasteiger partial charge >= 0.3 is 0 Å². The molecule has 0 saturated carbocycles. The molecule has 3 nitrogen and oxygen atoms in total. The van der Waals surface area contributed by atoms with E-state index < -0.39 is 12.2 Å². The summed E-state index contributed by atoms with van der Waals surface area (Å²) in [5, 5.41) is 23.6. The molecule has 0 aliphatic heterocycles. The fourth-order valence-electron chi connectivity index (χ4n) is 6.62. The van der Waals surface area contributed by atoms with Crippen LogP contribution in [-0.2, 0) is 12.8 Å². The Bertz CT molecular complexity index is 1310. The van der Waals surface area contributed by atoms with Crippen LogP contribution in [-0.4, -0.2) is 10.2 Å². The first-order chi connectivity index (χ1) is 22.0. The molecular formula is C42H54O3. The zero-order chi connectivity index (χ0) is 32.0. The standard InChI is InChI=1S/C42H54O3/c1-5-9-23-33(7-3)41(43)35-25-17-27-39(37(35)29-31-19-13-11-14-20-31)45-40-28-18-26-36(42(44)34(8-4)24-10-6-2)38(40)30-32-21-15-12-16-22-32/h11-22,25-28,33-34,41-44H,5-10,23-24,29-30H2,1-4H3. The molecule has 0 aliphatic rings. The summed E-state index contributed by atoms with van der Waals surface area (Å²) in [4.78, 5) is 0. The Hall–Kier alpha value is -3.40. The smallest absolute Gasteiger partial charge is 0.131 e. The lowest BCUT2D eigenvalue weighted by molar-refractivity contribution is 0.0978. The normalized spacial score (nSPS) is 14.1. The van der Waals surface area contributed by atoms with Gasteiger partial charge in [-0.15, -0.1) is 0 Å². The Labute approximate surface area is 272 Å². The van der Waals surface area contributed by atoms with Crippen molar-refractivity contribution < 1.29 is 14.9 Å². The third-order valence-corrected chi connectivity index (χ3v) is 9.44. The molecule has 240 valence electrons. The molecule has 4 rings (SSSR count). The highest BCUT2D eigenvalue weighted by Crippen LogP contribution is 2.41. The van der Waals surface area contributed by atoms with E-state index in [4.69, 9.17) is 4.74 Å². The van der Waals surface area contributed by atoms with Gasteiger partial charge in [-0.1, -0.05) is 151 Å². The second kappa shape index (κ2) is 17.9. The van der Waals surface area contributed by atoms with Crippen LogP contribution in [0, 0.1) is 11.8 Å². The van der Waals surface area contributed by atoms with Crippen molar-refractivity contribution in [2.45, 2.75) is 104 Å². The van der Waals surface area contributed by atoms with Gasteiger partial charge in [0.15, 0.2) is 0 Å². The summed E-state index contributed by atoms with van der Waals surface area (Å²) in [5.74, 6) is 1.91. The quantitative estimate of drug-likeness (QED) is 0.118. The van der Waals surface area contributed by atoms with Crippen LogP contribution in [0.2, 0.25) is 0 Å². The molecule has 0 aliphatic carbocycles. The molecule has 2 N–H and O–H groups in total. The van der Waals surface area contributed by atoms with Crippen molar-refractivity contribution in [3.63, 3.8) is 0 Å². The summed E-state index contributed by atoms with van der Waals surface area (Å²) < 4.78 is 6.93. The fourth-order valence-corrected chi connectivity index (χ4v) is 6.62. The van der Waals surface area contributed by atoms with Crippen LogP contribution >= 0.6 is 0 Å². The number of aliphatic hydroxyl groups excluding tert-OH is 2. The highest BCUT2D eigenvalue weighted by molar-refractivity contribution is 5.51. The molecule has 45 heavy (non-hydrogen) atoms. The zero-order valence-electron chi connectivity index (χ0n) is 27.9. The maximum absolute atomic E-state index is 11.8. The van der Waals surface area contributed by atoms with Gasteiger partial charge < -0.3 is 14.9 Å². The summed E-state index contributed by atoms with van der Waals surface area (Å²) in [6.07, 6.45) is 8.50. The van der Waals surface area contributed by atoms with Gasteiger partial charge in [-0.2, -0.15) is 0 Å². The maximum atomic E-state index is 11.8. The molecule has 0 aromatic heterocycles. The summed E-state index contributed by atoms with van der Waals surface area (Å²) in [7, 11) is 0. The van der Waals surface area contributed by atoms with Crippen molar-refractivity contribution in [3.8, 4) is 11.5 Å². The van der Waals surface area contributed by atoms with Crippen molar-refractivity contribution >= 4 is 0 Å². The average molecular weight is 607 g/mol. The second-order valence-electron chi connectivity index (χ2n) is 12.6. The molecule has 0 amide bonds. The molecule has 4 atom stereocenters. The topological polar surface area (TPSA) is 49.7 Å². The molecule has 4 aromatic carbocycles. The fraction of sp³-hybridized carbons (Fsp3) is 0.429. The van der Waals surface area contributed by atoms with Gasteiger partial charge in [0, 0.05) is 24.0 Å². The van der Waals surface area contributed by atoms with Crippen LogP contribution in [0.3, 0.4) is 0 Å². The van der Waals surface area contributed by atoms with Gasteiger partial charge in [-0.3, -0.25) is 0 Å². The van der Waals surface area contributed by atoms with E-state index in [-0.39, 0.29) is 11.8 Å². The number of benzene rings is 4. The third kappa shape index (κ3) is 9.31. The minimum Gasteiger partial charge on any atom is -0.457 e. The number of hydrogen-bond donors (Lipinski definition) is 2. The molecule has 0 radical (unpaired) electrons. The Morgan fingerprint density at radius 1 is 0.511 bits per heavy atom. The lowest BCUT2D eigenvalue weighted by atomic mass is 9.85. The first-order valence-electron chi connectivity index (χ1n) is 17.4. The number of rotatable bonds is 18. The van der Waals surface area contributed by atoms with E-state index in [9.17, 15) is 10.2 Å². The summed E-state index contributed by atoms with van der Waals surface area (Å²) in [6.45, 7) is 8.77. The molecule has 0 saturated heterocycles. The molecular weight excluding hydrogens is 552 g/mol. The molecule has 0 fully saturated rings. The third-order valence-electron chi connectivity index (χ3n) is 9.44. The highest BCUT2D eigenvalue weighted by atomic mass is 16.5. The van der Waals surface area contributed by atoms with Crippen LogP contribution in [0.25, 0.3) is 0 Å². The van der Waals surface area contributed by atoms with Crippen LogP contribution in [0.4, 0.5) is 0 Å². The Balaban J connectivity index is 1.81. The lowest BCUT2D eigenvalue weighted by Crippen LogP contribution is -2.15. The largest absolute Gasteiger partial charge is 0.457 e. The second-order valence-corrected chi connectivity index (χ2v) is 12.6. The summed E-state index contributed by atoms with van der Waals surface area (Å²) in [5.41, 5.74) is 6.31. The molecule has 4 unspecified atom stereocenters. The van der Waals surface area contributed by atoms with E-state index in [0.29, 0.717) is 12.8 Å². The molecule has 0 bridgehead atoms. The van der Waals surface area contributed by atoms with E-state index in [1.807, 2.05) is 36.4 Å². The molecule has 0 heterocycles. The summed E-state index contributed by atoms with van der Waals surface area (Å²) >= 11 is 0. The van der Waals surface area contributed by atoms with E-state index in [1.54, 1.807) is 0 Å². The van der Waals surface area contributed by atoms with Gasteiger partial charge in [0.1, 0.15) is 11.5 Å². The zero-order valence-corrected chi connectivity index (χ0v) is 27.9. The van der Waals surface area contributed by atoms with Gasteiger partial charge in [0.05, 0.1) is 12.2 Å². The Morgan fingerprint density at radius 2 is 0.911 bits per heavy atom. The van der Waals surface area contributed by atoms with Crippen molar-refractivity contribution in [2.24, 2.45) is 11.8 Å². The van der Waals surface area contributed by atoms with Crippen LogP contribution in [0.15, 0.2) is 97.1 Å². The van der Waals surface area contributed by atoms with Gasteiger partial charge in [-0.25, -0.2) is 0 Å². The lowest BCUT2D eigenvalue weighted by Gasteiger charge is -2.27. The van der Waals surface area contributed by atoms with Gasteiger partial charge in [0.25, 0.3) is 0 Å². The number of unbranched alkanes of at least 4 members (excludes halogenated alkanes) is 2. The minimum atomic E-state index is -0.565. The van der Waals surface area contributed by atoms with E-state index in [1.165, 1.54) is 11.1 Å². The van der Waals surface area contributed by atoms with E-state index in [0.717, 1.165) is 85.1 Å². The average Bonchev–Trinajstić information content (AvgIpc) is 3.07. The maximum Gasteiger partial charge on any atom is 0.131 e.